The number of anilines is 1. The second-order valence-electron chi connectivity index (χ2n) is 4.58. The number of hydrogen-bond acceptors (Lipinski definition) is 1. The predicted octanol–water partition coefficient (Wildman–Crippen LogP) is 4.42. The fraction of sp³-hybridized carbons (Fsp3) is 0.571. The zero-order valence-electron chi connectivity index (χ0n) is 10.7. The summed E-state index contributed by atoms with van der Waals surface area (Å²) >= 11 is 3.78. The van der Waals surface area contributed by atoms with E-state index in [1.807, 2.05) is 0 Å². The average molecular weight is 284 g/mol. The van der Waals surface area contributed by atoms with Crippen molar-refractivity contribution in [1.82, 2.24) is 0 Å². The Kier molecular flexibility index (Phi) is 5.33. The summed E-state index contributed by atoms with van der Waals surface area (Å²) in [5.74, 6) is 0.580. The summed E-state index contributed by atoms with van der Waals surface area (Å²) in [6.45, 7) is 4.52. The highest BCUT2D eigenvalue weighted by Crippen LogP contribution is 2.28. The first-order chi connectivity index (χ1) is 7.56. The van der Waals surface area contributed by atoms with E-state index < -0.39 is 0 Å². The molecule has 0 aliphatic heterocycles. The van der Waals surface area contributed by atoms with Crippen LogP contribution in [0.3, 0.4) is 0 Å². The van der Waals surface area contributed by atoms with Crippen LogP contribution >= 0.6 is 15.9 Å². The lowest BCUT2D eigenvalue weighted by molar-refractivity contribution is 0.651. The summed E-state index contributed by atoms with van der Waals surface area (Å²) in [7, 11) is 4.14. The molecule has 0 saturated heterocycles. The molecular formula is C14H22BrN. The number of alkyl halides is 1. The lowest BCUT2D eigenvalue weighted by Crippen LogP contribution is -2.11. The molecule has 1 aromatic carbocycles. The van der Waals surface area contributed by atoms with E-state index in [0.29, 0.717) is 10.7 Å². The molecule has 90 valence electrons. The number of rotatable bonds is 5. The monoisotopic (exact) mass is 283 g/mol. The van der Waals surface area contributed by atoms with Crippen molar-refractivity contribution in [2.45, 2.75) is 37.4 Å². The molecule has 1 nitrogen and oxygen atoms in total. The summed E-state index contributed by atoms with van der Waals surface area (Å²) in [6, 6.07) is 8.86. The van der Waals surface area contributed by atoms with Crippen LogP contribution in [-0.2, 0) is 0 Å². The number of hydrogen-bond donors (Lipinski definition) is 0. The lowest BCUT2D eigenvalue weighted by Gasteiger charge is -2.19. The van der Waals surface area contributed by atoms with Crippen LogP contribution in [0, 0.1) is 0 Å². The molecule has 0 radical (unpaired) electrons. The second kappa shape index (κ2) is 6.29. The molecule has 0 fully saturated rings. The van der Waals surface area contributed by atoms with Crippen LogP contribution in [-0.4, -0.2) is 18.9 Å². The van der Waals surface area contributed by atoms with Crippen molar-refractivity contribution in [3.63, 3.8) is 0 Å². The summed E-state index contributed by atoms with van der Waals surface area (Å²) in [6.07, 6.45) is 2.46. The van der Waals surface area contributed by atoms with E-state index in [1.165, 1.54) is 24.1 Å². The van der Waals surface area contributed by atoms with Crippen LogP contribution in [0.25, 0.3) is 0 Å². The fourth-order valence-electron chi connectivity index (χ4n) is 1.81. The molecular weight excluding hydrogens is 262 g/mol. The molecule has 0 heterocycles. The van der Waals surface area contributed by atoms with Crippen molar-refractivity contribution in [2.75, 3.05) is 19.0 Å². The molecule has 0 N–H and O–H groups in total. The van der Waals surface area contributed by atoms with Crippen LogP contribution in [0.1, 0.15) is 38.2 Å². The van der Waals surface area contributed by atoms with Gasteiger partial charge in [0.05, 0.1) is 0 Å². The smallest absolute Gasteiger partial charge is 0.0361 e. The standard InChI is InChI=1S/C14H22BrN/c1-5-6-14(15)11(2)12-7-9-13(10-8-12)16(3)4/h7-11,14H,5-6H2,1-4H3. The van der Waals surface area contributed by atoms with Gasteiger partial charge in [0.1, 0.15) is 0 Å². The van der Waals surface area contributed by atoms with E-state index in [-0.39, 0.29) is 0 Å². The molecule has 0 bridgehead atoms. The molecule has 1 aromatic rings. The average Bonchev–Trinajstić information content (AvgIpc) is 2.28. The quantitative estimate of drug-likeness (QED) is 0.723. The Morgan fingerprint density at radius 3 is 2.19 bits per heavy atom. The first kappa shape index (κ1) is 13.6. The molecule has 0 spiro atoms. The third-order valence-corrected chi connectivity index (χ3v) is 4.29. The summed E-state index contributed by atoms with van der Waals surface area (Å²) in [5.41, 5.74) is 2.68. The van der Waals surface area contributed by atoms with Crippen LogP contribution in [0.15, 0.2) is 24.3 Å². The predicted molar refractivity (Wildman–Crippen MR) is 76.8 cm³/mol. The van der Waals surface area contributed by atoms with Crippen molar-refractivity contribution < 1.29 is 0 Å². The Hall–Kier alpha value is -0.500. The zero-order valence-corrected chi connectivity index (χ0v) is 12.3. The summed E-state index contributed by atoms with van der Waals surface area (Å²) in [5, 5.41) is 0. The normalized spacial score (nSPS) is 14.6. The van der Waals surface area contributed by atoms with Crippen LogP contribution < -0.4 is 4.90 Å². The van der Waals surface area contributed by atoms with Crippen molar-refractivity contribution in [3.8, 4) is 0 Å². The largest absolute Gasteiger partial charge is 0.378 e. The molecule has 0 aromatic heterocycles. The number of benzene rings is 1. The van der Waals surface area contributed by atoms with Gasteiger partial charge in [-0.3, -0.25) is 0 Å². The van der Waals surface area contributed by atoms with Gasteiger partial charge in [0.15, 0.2) is 0 Å². The van der Waals surface area contributed by atoms with Crippen molar-refractivity contribution >= 4 is 21.6 Å². The van der Waals surface area contributed by atoms with Crippen LogP contribution in [0.2, 0.25) is 0 Å². The van der Waals surface area contributed by atoms with Crippen molar-refractivity contribution in [3.05, 3.63) is 29.8 Å². The summed E-state index contributed by atoms with van der Waals surface area (Å²) in [4.78, 5) is 2.72. The van der Waals surface area contributed by atoms with Crippen molar-refractivity contribution in [1.29, 1.82) is 0 Å². The maximum atomic E-state index is 3.78. The van der Waals surface area contributed by atoms with Gasteiger partial charge >= 0.3 is 0 Å². The molecule has 1 rings (SSSR count). The maximum Gasteiger partial charge on any atom is 0.0361 e. The van der Waals surface area contributed by atoms with Gasteiger partial charge in [0, 0.05) is 24.6 Å². The SMILES string of the molecule is CCCC(Br)C(C)c1ccc(N(C)C)cc1. The Morgan fingerprint density at radius 1 is 1.19 bits per heavy atom. The van der Waals surface area contributed by atoms with E-state index in [0.717, 1.165) is 0 Å². The lowest BCUT2D eigenvalue weighted by atomic mass is 9.95. The molecule has 0 aliphatic carbocycles. The van der Waals surface area contributed by atoms with E-state index >= 15 is 0 Å². The third-order valence-electron chi connectivity index (χ3n) is 3.04. The minimum atomic E-state index is 0.580. The minimum absolute atomic E-state index is 0.580. The molecule has 0 amide bonds. The Bertz CT molecular complexity index is 305. The minimum Gasteiger partial charge on any atom is -0.378 e. The van der Waals surface area contributed by atoms with Gasteiger partial charge in [0.25, 0.3) is 0 Å². The Morgan fingerprint density at radius 2 is 1.75 bits per heavy atom. The summed E-state index contributed by atoms with van der Waals surface area (Å²) < 4.78 is 0. The van der Waals surface area contributed by atoms with E-state index in [2.05, 4.69) is 73.0 Å². The van der Waals surface area contributed by atoms with Gasteiger partial charge in [0.2, 0.25) is 0 Å². The van der Waals surface area contributed by atoms with Gasteiger partial charge in [-0.25, -0.2) is 0 Å². The van der Waals surface area contributed by atoms with Gasteiger partial charge in [-0.15, -0.1) is 0 Å². The maximum absolute atomic E-state index is 3.78. The highest BCUT2D eigenvalue weighted by Gasteiger charge is 2.14. The van der Waals surface area contributed by atoms with Crippen LogP contribution in [0.4, 0.5) is 5.69 Å². The van der Waals surface area contributed by atoms with Gasteiger partial charge in [-0.05, 0) is 30.0 Å². The highest BCUT2D eigenvalue weighted by atomic mass is 79.9. The van der Waals surface area contributed by atoms with Gasteiger partial charge in [-0.1, -0.05) is 48.3 Å². The van der Waals surface area contributed by atoms with Gasteiger partial charge in [-0.2, -0.15) is 0 Å². The third kappa shape index (κ3) is 3.51. The van der Waals surface area contributed by atoms with Gasteiger partial charge < -0.3 is 4.90 Å². The van der Waals surface area contributed by atoms with Crippen molar-refractivity contribution in [2.24, 2.45) is 0 Å². The Labute approximate surface area is 108 Å². The molecule has 2 unspecified atom stereocenters. The number of nitrogens with zero attached hydrogens (tertiary/aromatic N) is 1. The highest BCUT2D eigenvalue weighted by molar-refractivity contribution is 9.09. The van der Waals surface area contributed by atoms with E-state index in [4.69, 9.17) is 0 Å². The molecule has 0 aliphatic rings. The number of halogens is 1. The van der Waals surface area contributed by atoms with E-state index in [9.17, 15) is 0 Å². The molecule has 16 heavy (non-hydrogen) atoms. The first-order valence-corrected chi connectivity index (χ1v) is 6.89. The molecule has 2 heteroatoms. The topological polar surface area (TPSA) is 3.24 Å². The van der Waals surface area contributed by atoms with Crippen LogP contribution in [0.5, 0.6) is 0 Å². The molecule has 2 atom stereocenters. The second-order valence-corrected chi connectivity index (χ2v) is 5.76. The van der Waals surface area contributed by atoms with E-state index in [1.54, 1.807) is 0 Å². The molecule has 0 saturated carbocycles. The fourth-order valence-corrected chi connectivity index (χ4v) is 2.57. The zero-order chi connectivity index (χ0) is 12.1. The Balaban J connectivity index is 2.73. The first-order valence-electron chi connectivity index (χ1n) is 5.97.